The van der Waals surface area contributed by atoms with Gasteiger partial charge in [-0.1, -0.05) is 23.7 Å². The first-order valence-electron chi connectivity index (χ1n) is 6.48. The molecule has 19 heavy (non-hydrogen) atoms. The van der Waals surface area contributed by atoms with Gasteiger partial charge in [-0.3, -0.25) is 4.79 Å². The van der Waals surface area contributed by atoms with Gasteiger partial charge >= 0.3 is 0 Å². The van der Waals surface area contributed by atoms with E-state index < -0.39 is 0 Å². The molecule has 0 N–H and O–H groups in total. The molecule has 1 aromatic carbocycles. The van der Waals surface area contributed by atoms with Gasteiger partial charge in [0.1, 0.15) is 6.61 Å². The molecule has 4 heteroatoms. The number of nitrogens with zero attached hydrogens (tertiary/aromatic N) is 1. The van der Waals surface area contributed by atoms with E-state index in [0.29, 0.717) is 18.1 Å². The molecule has 0 aliphatic rings. The molecule has 0 saturated heterocycles. The zero-order valence-corrected chi connectivity index (χ0v) is 12.8. The number of carbonyl (C=O) groups is 1. The molecule has 3 nitrogen and oxygen atoms in total. The highest BCUT2D eigenvalue weighted by Crippen LogP contribution is 2.13. The molecule has 0 aliphatic heterocycles. The highest BCUT2D eigenvalue weighted by Gasteiger charge is 2.17. The van der Waals surface area contributed by atoms with E-state index in [-0.39, 0.29) is 18.1 Å². The molecule has 0 aliphatic carbocycles. The fraction of sp³-hybridized carbons (Fsp3) is 0.533. The van der Waals surface area contributed by atoms with Crippen molar-refractivity contribution in [3.63, 3.8) is 0 Å². The van der Waals surface area contributed by atoms with Crippen LogP contribution in [-0.2, 0) is 16.1 Å². The Bertz CT molecular complexity index is 426. The number of halogens is 1. The minimum absolute atomic E-state index is 0.00241. The quantitative estimate of drug-likeness (QED) is 0.828. The summed E-state index contributed by atoms with van der Waals surface area (Å²) in [6.45, 7) is 9.09. The third kappa shape index (κ3) is 6.08. The molecule has 0 heterocycles. The summed E-state index contributed by atoms with van der Waals surface area (Å²) in [6.07, 6.45) is 0. The van der Waals surface area contributed by atoms with Gasteiger partial charge < -0.3 is 9.64 Å². The fourth-order valence-corrected chi connectivity index (χ4v) is 1.81. The van der Waals surface area contributed by atoms with Crippen molar-refractivity contribution in [2.75, 3.05) is 13.2 Å². The van der Waals surface area contributed by atoms with Crippen LogP contribution in [-0.4, -0.2) is 29.6 Å². The topological polar surface area (TPSA) is 29.5 Å². The number of amides is 1. The lowest BCUT2D eigenvalue weighted by Crippen LogP contribution is -2.36. The SMILES string of the molecule is CCN(Cc1cccc(Cl)c1)C(=O)COC(C)(C)C. The second-order valence-electron chi connectivity index (χ2n) is 5.44. The van der Waals surface area contributed by atoms with Crippen molar-refractivity contribution < 1.29 is 9.53 Å². The number of benzene rings is 1. The van der Waals surface area contributed by atoms with E-state index >= 15 is 0 Å². The molecule has 1 amide bonds. The standard InChI is InChI=1S/C15H22ClNO2/c1-5-17(14(18)11-19-15(2,3)4)10-12-7-6-8-13(16)9-12/h6-9H,5,10-11H2,1-4H3. The molecule has 0 bridgehead atoms. The molecule has 1 rings (SSSR count). The van der Waals surface area contributed by atoms with Crippen LogP contribution in [0.2, 0.25) is 5.02 Å². The molecule has 0 fully saturated rings. The van der Waals surface area contributed by atoms with E-state index in [1.807, 2.05) is 52.0 Å². The van der Waals surface area contributed by atoms with Gasteiger partial charge in [0.05, 0.1) is 5.60 Å². The Morgan fingerprint density at radius 2 is 2.05 bits per heavy atom. The first-order chi connectivity index (χ1) is 8.81. The Balaban J connectivity index is 2.60. The van der Waals surface area contributed by atoms with E-state index in [4.69, 9.17) is 16.3 Å². The molecular formula is C15H22ClNO2. The first-order valence-corrected chi connectivity index (χ1v) is 6.86. The number of ether oxygens (including phenoxy) is 1. The minimum atomic E-state index is -0.300. The van der Waals surface area contributed by atoms with Gasteiger partial charge in [-0.2, -0.15) is 0 Å². The van der Waals surface area contributed by atoms with E-state index in [1.165, 1.54) is 0 Å². The van der Waals surface area contributed by atoms with Crippen LogP contribution in [0, 0.1) is 0 Å². The van der Waals surface area contributed by atoms with Crippen molar-refractivity contribution in [2.24, 2.45) is 0 Å². The second-order valence-corrected chi connectivity index (χ2v) is 5.88. The summed E-state index contributed by atoms with van der Waals surface area (Å²) in [6, 6.07) is 7.56. The van der Waals surface area contributed by atoms with Crippen LogP contribution in [0.15, 0.2) is 24.3 Å². The maximum atomic E-state index is 12.1. The maximum absolute atomic E-state index is 12.1. The zero-order chi connectivity index (χ0) is 14.5. The first kappa shape index (κ1) is 16.0. The molecular weight excluding hydrogens is 262 g/mol. The lowest BCUT2D eigenvalue weighted by Gasteiger charge is -2.24. The fourth-order valence-electron chi connectivity index (χ4n) is 1.60. The van der Waals surface area contributed by atoms with Crippen molar-refractivity contribution in [1.29, 1.82) is 0 Å². The molecule has 0 spiro atoms. The van der Waals surface area contributed by atoms with Crippen LogP contribution >= 0.6 is 11.6 Å². The van der Waals surface area contributed by atoms with Crippen molar-refractivity contribution >= 4 is 17.5 Å². The second kappa shape index (κ2) is 6.92. The van der Waals surface area contributed by atoms with Crippen molar-refractivity contribution in [2.45, 2.75) is 39.8 Å². The highest BCUT2D eigenvalue weighted by molar-refractivity contribution is 6.30. The number of hydrogen-bond acceptors (Lipinski definition) is 2. The third-order valence-electron chi connectivity index (χ3n) is 2.63. The summed E-state index contributed by atoms with van der Waals surface area (Å²) in [7, 11) is 0. The predicted octanol–water partition coefficient (Wildman–Crippen LogP) is 3.50. The lowest BCUT2D eigenvalue weighted by molar-refractivity contribution is -0.141. The van der Waals surface area contributed by atoms with Gasteiger partial charge in [0.15, 0.2) is 0 Å². The van der Waals surface area contributed by atoms with Gasteiger partial charge in [-0.05, 0) is 45.4 Å². The Hall–Kier alpha value is -1.06. The minimum Gasteiger partial charge on any atom is -0.366 e. The third-order valence-corrected chi connectivity index (χ3v) is 2.86. The van der Waals surface area contributed by atoms with Crippen LogP contribution < -0.4 is 0 Å². The highest BCUT2D eigenvalue weighted by atomic mass is 35.5. The average molecular weight is 284 g/mol. The van der Waals surface area contributed by atoms with E-state index in [9.17, 15) is 4.79 Å². The van der Waals surface area contributed by atoms with Gasteiger partial charge in [-0.15, -0.1) is 0 Å². The summed E-state index contributed by atoms with van der Waals surface area (Å²) < 4.78 is 5.52. The zero-order valence-electron chi connectivity index (χ0n) is 12.1. The van der Waals surface area contributed by atoms with Gasteiger partial charge in [-0.25, -0.2) is 0 Å². The number of hydrogen-bond donors (Lipinski definition) is 0. The smallest absolute Gasteiger partial charge is 0.248 e. The van der Waals surface area contributed by atoms with Crippen LogP contribution in [0.4, 0.5) is 0 Å². The van der Waals surface area contributed by atoms with Crippen molar-refractivity contribution in [1.82, 2.24) is 4.90 Å². The molecule has 0 saturated carbocycles. The Morgan fingerprint density at radius 3 is 2.58 bits per heavy atom. The van der Waals surface area contributed by atoms with Crippen LogP contribution in [0.5, 0.6) is 0 Å². The van der Waals surface area contributed by atoms with Gasteiger partial charge in [0.25, 0.3) is 0 Å². The summed E-state index contributed by atoms with van der Waals surface area (Å²) in [5.74, 6) is -0.00241. The summed E-state index contributed by atoms with van der Waals surface area (Å²) >= 11 is 5.94. The molecule has 0 unspecified atom stereocenters. The van der Waals surface area contributed by atoms with E-state index in [0.717, 1.165) is 5.56 Å². The van der Waals surface area contributed by atoms with Gasteiger partial charge in [0.2, 0.25) is 5.91 Å². The summed E-state index contributed by atoms with van der Waals surface area (Å²) in [5, 5.41) is 0.687. The van der Waals surface area contributed by atoms with E-state index in [2.05, 4.69) is 0 Å². The Kier molecular flexibility index (Phi) is 5.83. The summed E-state index contributed by atoms with van der Waals surface area (Å²) in [4.78, 5) is 13.8. The van der Waals surface area contributed by atoms with Crippen molar-refractivity contribution in [3.8, 4) is 0 Å². The van der Waals surface area contributed by atoms with Crippen molar-refractivity contribution in [3.05, 3.63) is 34.9 Å². The lowest BCUT2D eigenvalue weighted by atomic mass is 10.2. The molecule has 106 valence electrons. The summed E-state index contributed by atoms with van der Waals surface area (Å²) in [5.41, 5.74) is 0.726. The monoisotopic (exact) mass is 283 g/mol. The number of carbonyl (C=O) groups excluding carboxylic acids is 1. The molecule has 0 atom stereocenters. The number of rotatable bonds is 5. The molecule has 0 aromatic heterocycles. The maximum Gasteiger partial charge on any atom is 0.248 e. The largest absolute Gasteiger partial charge is 0.366 e. The molecule has 1 aromatic rings. The Morgan fingerprint density at radius 1 is 1.37 bits per heavy atom. The van der Waals surface area contributed by atoms with Crippen LogP contribution in [0.1, 0.15) is 33.3 Å². The number of likely N-dealkylation sites (N-methyl/N-ethyl adjacent to an activating group) is 1. The molecule has 0 radical (unpaired) electrons. The predicted molar refractivity (Wildman–Crippen MR) is 78.2 cm³/mol. The van der Waals surface area contributed by atoms with E-state index in [1.54, 1.807) is 4.90 Å². The van der Waals surface area contributed by atoms with Crippen LogP contribution in [0.3, 0.4) is 0 Å². The van der Waals surface area contributed by atoms with Crippen LogP contribution in [0.25, 0.3) is 0 Å². The Labute approximate surface area is 120 Å². The average Bonchev–Trinajstić information content (AvgIpc) is 2.32. The normalized spacial score (nSPS) is 11.4. The van der Waals surface area contributed by atoms with Gasteiger partial charge in [0, 0.05) is 18.1 Å².